The molecule has 0 aliphatic heterocycles. The van der Waals surface area contributed by atoms with Gasteiger partial charge >= 0.3 is 0 Å². The van der Waals surface area contributed by atoms with Gasteiger partial charge in [0, 0.05) is 11.3 Å². The summed E-state index contributed by atoms with van der Waals surface area (Å²) in [5.41, 5.74) is 3.60. The molecule has 0 saturated heterocycles. The lowest BCUT2D eigenvalue weighted by Gasteiger charge is -2.29. The highest BCUT2D eigenvalue weighted by Crippen LogP contribution is 2.36. The van der Waals surface area contributed by atoms with Crippen molar-refractivity contribution in [1.29, 1.82) is 0 Å². The second-order valence-electron chi connectivity index (χ2n) is 5.69. The second-order valence-corrected chi connectivity index (χ2v) is 7.10. The van der Waals surface area contributed by atoms with E-state index in [-0.39, 0.29) is 0 Å². The molecule has 0 unspecified atom stereocenters. The van der Waals surface area contributed by atoms with Gasteiger partial charge in [0.1, 0.15) is 5.82 Å². The number of hydrogen-bond donors (Lipinski definition) is 0. The molecule has 1 heterocycles. The monoisotopic (exact) mass is 308 g/mol. The van der Waals surface area contributed by atoms with Crippen molar-refractivity contribution in [1.82, 2.24) is 9.55 Å². The van der Waals surface area contributed by atoms with Crippen molar-refractivity contribution in [3.05, 3.63) is 29.6 Å². The average molecular weight is 309 g/mol. The van der Waals surface area contributed by atoms with Gasteiger partial charge in [0.15, 0.2) is 0 Å². The fraction of sp³-hybridized carbons (Fsp3) is 0.562. The van der Waals surface area contributed by atoms with E-state index in [1.54, 1.807) is 0 Å². The third kappa shape index (κ3) is 2.58. The summed E-state index contributed by atoms with van der Waals surface area (Å²) in [4.78, 5) is 4.73. The summed E-state index contributed by atoms with van der Waals surface area (Å²) in [6.45, 7) is 2.11. The molecule has 20 heavy (non-hydrogen) atoms. The maximum Gasteiger partial charge on any atom is 0.125 e. The van der Waals surface area contributed by atoms with Gasteiger partial charge in [-0.25, -0.2) is 4.98 Å². The highest BCUT2D eigenvalue weighted by atomic mass is 35.5. The Morgan fingerprint density at radius 2 is 2.05 bits per heavy atom. The van der Waals surface area contributed by atoms with Crippen LogP contribution in [0.3, 0.4) is 0 Å². The molecule has 0 radical (unpaired) electrons. The van der Waals surface area contributed by atoms with E-state index in [1.165, 1.54) is 36.8 Å². The van der Waals surface area contributed by atoms with Crippen LogP contribution in [-0.2, 0) is 5.88 Å². The summed E-state index contributed by atoms with van der Waals surface area (Å²) >= 11 is 8.14. The van der Waals surface area contributed by atoms with Crippen molar-refractivity contribution >= 4 is 34.4 Å². The Balaban J connectivity index is 1.97. The molecule has 0 N–H and O–H groups in total. The molecular weight excluding hydrogens is 288 g/mol. The highest BCUT2D eigenvalue weighted by molar-refractivity contribution is 7.99. The molecule has 1 aromatic heterocycles. The van der Waals surface area contributed by atoms with Gasteiger partial charge in [-0.3, -0.25) is 0 Å². The summed E-state index contributed by atoms with van der Waals surface area (Å²) in [7, 11) is 0. The van der Waals surface area contributed by atoms with Gasteiger partial charge < -0.3 is 4.57 Å². The normalized spacial score (nSPS) is 23.4. The van der Waals surface area contributed by atoms with E-state index in [4.69, 9.17) is 16.6 Å². The first-order valence-electron chi connectivity index (χ1n) is 7.29. The lowest BCUT2D eigenvalue weighted by atomic mass is 9.94. The first-order chi connectivity index (χ1) is 9.72. The van der Waals surface area contributed by atoms with Gasteiger partial charge in [0.25, 0.3) is 0 Å². The van der Waals surface area contributed by atoms with Crippen molar-refractivity contribution < 1.29 is 0 Å². The van der Waals surface area contributed by atoms with E-state index in [1.807, 2.05) is 11.8 Å². The van der Waals surface area contributed by atoms with E-state index in [2.05, 4.69) is 35.9 Å². The number of benzene rings is 1. The molecule has 2 aromatic rings. The number of imidazole rings is 1. The Bertz CT molecular complexity index is 600. The first-order valence-corrected chi connectivity index (χ1v) is 9.11. The van der Waals surface area contributed by atoms with E-state index < -0.39 is 0 Å². The predicted molar refractivity (Wildman–Crippen MR) is 88.8 cm³/mol. The van der Waals surface area contributed by atoms with E-state index >= 15 is 0 Å². The Kier molecular flexibility index (Phi) is 4.27. The van der Waals surface area contributed by atoms with Crippen molar-refractivity contribution in [3.63, 3.8) is 0 Å². The van der Waals surface area contributed by atoms with Crippen LogP contribution in [0.2, 0.25) is 0 Å². The molecule has 1 aliphatic carbocycles. The predicted octanol–water partition coefficient (Wildman–Crippen LogP) is 4.93. The highest BCUT2D eigenvalue weighted by Gasteiger charge is 2.25. The lowest BCUT2D eigenvalue weighted by molar-refractivity contribution is 0.361. The van der Waals surface area contributed by atoms with Crippen LogP contribution in [0.1, 0.15) is 43.1 Å². The zero-order chi connectivity index (χ0) is 14.1. The Morgan fingerprint density at radius 1 is 1.30 bits per heavy atom. The molecule has 1 fully saturated rings. The minimum atomic E-state index is 0.496. The number of aromatic nitrogens is 2. The Morgan fingerprint density at radius 3 is 2.70 bits per heavy atom. The van der Waals surface area contributed by atoms with Crippen molar-refractivity contribution in [2.45, 2.75) is 49.8 Å². The van der Waals surface area contributed by atoms with E-state index in [0.717, 1.165) is 16.6 Å². The van der Waals surface area contributed by atoms with Gasteiger partial charge in [-0.1, -0.05) is 6.07 Å². The molecular formula is C16H21ClN2S. The summed E-state index contributed by atoms with van der Waals surface area (Å²) in [6, 6.07) is 7.11. The summed E-state index contributed by atoms with van der Waals surface area (Å²) < 4.78 is 2.40. The minimum Gasteiger partial charge on any atom is -0.324 e. The molecule has 4 heteroatoms. The number of nitrogens with zero attached hydrogens (tertiary/aromatic N) is 2. The third-order valence-electron chi connectivity index (χ3n) is 4.38. The van der Waals surface area contributed by atoms with Gasteiger partial charge in [0.2, 0.25) is 0 Å². The molecule has 1 saturated carbocycles. The summed E-state index contributed by atoms with van der Waals surface area (Å²) in [5.74, 6) is 1.52. The number of aryl methyl sites for hydroxylation is 1. The van der Waals surface area contributed by atoms with Crippen LogP contribution in [0.15, 0.2) is 18.2 Å². The summed E-state index contributed by atoms with van der Waals surface area (Å²) in [6.07, 6.45) is 7.33. The van der Waals surface area contributed by atoms with Crippen LogP contribution in [0.25, 0.3) is 11.0 Å². The quantitative estimate of drug-likeness (QED) is 0.748. The maximum absolute atomic E-state index is 6.13. The average Bonchev–Trinajstić information content (AvgIpc) is 2.84. The molecule has 1 aliphatic rings. The number of hydrogen-bond acceptors (Lipinski definition) is 2. The molecule has 2 nitrogen and oxygen atoms in total. The third-order valence-corrected chi connectivity index (χ3v) is 5.76. The van der Waals surface area contributed by atoms with E-state index in [0.29, 0.717) is 11.9 Å². The Labute approximate surface area is 129 Å². The molecule has 1 aromatic carbocycles. The fourth-order valence-electron chi connectivity index (χ4n) is 3.30. The van der Waals surface area contributed by atoms with Crippen LogP contribution in [0, 0.1) is 6.92 Å². The van der Waals surface area contributed by atoms with Crippen LogP contribution in [-0.4, -0.2) is 21.1 Å². The standard InChI is InChI=1S/C16H21ClN2S/c1-11-3-8-15-14(9-11)18-16(10-17)19(15)12-4-6-13(20-2)7-5-12/h3,8-9,12-13H,4-7,10H2,1-2H3. The zero-order valence-electron chi connectivity index (χ0n) is 12.1. The topological polar surface area (TPSA) is 17.8 Å². The smallest absolute Gasteiger partial charge is 0.125 e. The molecule has 0 spiro atoms. The maximum atomic E-state index is 6.13. The number of rotatable bonds is 3. The van der Waals surface area contributed by atoms with Crippen molar-refractivity contribution in [2.75, 3.05) is 6.26 Å². The van der Waals surface area contributed by atoms with Crippen LogP contribution in [0.5, 0.6) is 0 Å². The van der Waals surface area contributed by atoms with Gasteiger partial charge in [-0.15, -0.1) is 11.6 Å². The molecule has 108 valence electrons. The second kappa shape index (κ2) is 5.98. The summed E-state index contributed by atoms with van der Waals surface area (Å²) in [5, 5.41) is 0.836. The van der Waals surface area contributed by atoms with Crippen LogP contribution in [0.4, 0.5) is 0 Å². The van der Waals surface area contributed by atoms with Gasteiger partial charge in [-0.05, 0) is 56.6 Å². The minimum absolute atomic E-state index is 0.496. The van der Waals surface area contributed by atoms with Gasteiger partial charge in [-0.2, -0.15) is 11.8 Å². The van der Waals surface area contributed by atoms with Crippen molar-refractivity contribution in [3.8, 4) is 0 Å². The Hall–Kier alpha value is -0.670. The van der Waals surface area contributed by atoms with Crippen molar-refractivity contribution in [2.24, 2.45) is 0 Å². The number of thioether (sulfide) groups is 1. The molecule has 0 bridgehead atoms. The largest absolute Gasteiger partial charge is 0.324 e. The zero-order valence-corrected chi connectivity index (χ0v) is 13.7. The molecule has 0 amide bonds. The lowest BCUT2D eigenvalue weighted by Crippen LogP contribution is -2.20. The molecule has 0 atom stereocenters. The fourth-order valence-corrected chi connectivity index (χ4v) is 4.23. The number of halogens is 1. The van der Waals surface area contributed by atoms with Crippen LogP contribution >= 0.6 is 23.4 Å². The van der Waals surface area contributed by atoms with E-state index in [9.17, 15) is 0 Å². The number of alkyl halides is 1. The molecule has 3 rings (SSSR count). The number of fused-ring (bicyclic) bond motifs is 1. The van der Waals surface area contributed by atoms with Gasteiger partial charge in [0.05, 0.1) is 16.9 Å². The first kappa shape index (κ1) is 14.3. The SMILES string of the molecule is CSC1CCC(n2c(CCl)nc3cc(C)ccc32)CC1. The van der Waals surface area contributed by atoms with Crippen LogP contribution < -0.4 is 0 Å².